The minimum Gasteiger partial charge on any atom is -0.481 e. The Labute approximate surface area is 164 Å². The zero-order chi connectivity index (χ0) is 19.8. The number of rotatable bonds is 8. The van der Waals surface area contributed by atoms with Gasteiger partial charge in [-0.05, 0) is 55.7 Å². The molecule has 0 aliphatic heterocycles. The summed E-state index contributed by atoms with van der Waals surface area (Å²) >= 11 is 6.13. The van der Waals surface area contributed by atoms with Gasteiger partial charge in [0.05, 0.1) is 17.2 Å². The largest absolute Gasteiger partial charge is 0.481 e. The maximum absolute atomic E-state index is 12.5. The summed E-state index contributed by atoms with van der Waals surface area (Å²) in [6, 6.07) is 12.3. The van der Waals surface area contributed by atoms with Crippen LogP contribution in [0.4, 0.5) is 5.69 Å². The molecule has 2 rings (SSSR count). The molecule has 1 atom stereocenters. The van der Waals surface area contributed by atoms with E-state index < -0.39 is 12.1 Å². The Morgan fingerprint density at radius 2 is 1.78 bits per heavy atom. The maximum Gasteiger partial charge on any atom is 0.339 e. The number of carbonyl (C=O) groups excluding carboxylic acids is 2. The van der Waals surface area contributed by atoms with Crippen LogP contribution in [0.1, 0.15) is 43.1 Å². The number of benzene rings is 2. The average Bonchev–Trinajstić information content (AvgIpc) is 2.66. The van der Waals surface area contributed by atoms with Crippen LogP contribution in [0.5, 0.6) is 5.75 Å². The second kappa shape index (κ2) is 9.97. The van der Waals surface area contributed by atoms with E-state index in [0.717, 1.165) is 6.42 Å². The van der Waals surface area contributed by atoms with Crippen molar-refractivity contribution in [3.63, 3.8) is 0 Å². The lowest BCUT2D eigenvalue weighted by molar-refractivity contribution is -0.122. The van der Waals surface area contributed by atoms with Gasteiger partial charge in [0.2, 0.25) is 0 Å². The molecule has 5 nitrogen and oxygen atoms in total. The second-order valence-corrected chi connectivity index (χ2v) is 6.32. The number of nitrogens with one attached hydrogen (secondary N) is 1. The molecule has 2 aromatic carbocycles. The van der Waals surface area contributed by atoms with Gasteiger partial charge in [0.1, 0.15) is 5.75 Å². The summed E-state index contributed by atoms with van der Waals surface area (Å²) in [6.45, 7) is 5.95. The molecule has 0 unspecified atom stereocenters. The average molecular weight is 390 g/mol. The molecule has 0 aliphatic rings. The normalized spacial score (nSPS) is 11.6. The highest BCUT2D eigenvalue weighted by molar-refractivity contribution is 6.34. The van der Waals surface area contributed by atoms with Crippen molar-refractivity contribution in [3.05, 3.63) is 58.6 Å². The number of halogens is 1. The van der Waals surface area contributed by atoms with E-state index in [0.29, 0.717) is 17.9 Å². The number of anilines is 1. The molecule has 0 heterocycles. The van der Waals surface area contributed by atoms with Gasteiger partial charge < -0.3 is 14.8 Å². The third kappa shape index (κ3) is 5.73. The van der Waals surface area contributed by atoms with Crippen molar-refractivity contribution in [3.8, 4) is 5.75 Å². The Morgan fingerprint density at radius 1 is 1.07 bits per heavy atom. The molecule has 0 saturated carbocycles. The van der Waals surface area contributed by atoms with Gasteiger partial charge in [-0.25, -0.2) is 4.79 Å². The number of ether oxygens (including phenoxy) is 2. The molecule has 144 valence electrons. The first kappa shape index (κ1) is 20.8. The highest BCUT2D eigenvalue weighted by Gasteiger charge is 2.19. The van der Waals surface area contributed by atoms with Crippen molar-refractivity contribution in [2.45, 2.75) is 39.7 Å². The van der Waals surface area contributed by atoms with Gasteiger partial charge in [0.25, 0.3) is 5.91 Å². The molecule has 0 saturated heterocycles. The van der Waals surface area contributed by atoms with Crippen LogP contribution >= 0.6 is 11.6 Å². The van der Waals surface area contributed by atoms with Crippen LogP contribution in [0.3, 0.4) is 0 Å². The number of hydrogen-bond donors (Lipinski definition) is 1. The Kier molecular flexibility index (Phi) is 7.67. The Bertz CT molecular complexity index is 789. The number of carbonyl (C=O) groups is 2. The van der Waals surface area contributed by atoms with Gasteiger partial charge >= 0.3 is 5.97 Å². The Morgan fingerprint density at radius 3 is 2.33 bits per heavy atom. The highest BCUT2D eigenvalue weighted by atomic mass is 35.5. The zero-order valence-electron chi connectivity index (χ0n) is 15.8. The Hall–Kier alpha value is -2.53. The van der Waals surface area contributed by atoms with Crippen molar-refractivity contribution in [2.75, 3.05) is 11.9 Å². The van der Waals surface area contributed by atoms with Crippen LogP contribution in [0.25, 0.3) is 0 Å². The van der Waals surface area contributed by atoms with Crippen molar-refractivity contribution < 1.29 is 19.1 Å². The van der Waals surface area contributed by atoms with E-state index in [9.17, 15) is 9.59 Å². The fraction of sp³-hybridized carbons (Fsp3) is 0.333. The predicted molar refractivity (Wildman–Crippen MR) is 107 cm³/mol. The molecule has 0 radical (unpaired) electrons. The van der Waals surface area contributed by atoms with E-state index in [1.807, 2.05) is 31.2 Å². The van der Waals surface area contributed by atoms with Gasteiger partial charge in [-0.2, -0.15) is 0 Å². The predicted octanol–water partition coefficient (Wildman–Crippen LogP) is 4.88. The van der Waals surface area contributed by atoms with E-state index in [1.165, 1.54) is 17.7 Å². The van der Waals surface area contributed by atoms with Crippen LogP contribution in [0.2, 0.25) is 5.02 Å². The van der Waals surface area contributed by atoms with Crippen molar-refractivity contribution in [1.29, 1.82) is 0 Å². The molecule has 0 fully saturated rings. The van der Waals surface area contributed by atoms with E-state index in [2.05, 4.69) is 12.2 Å². The summed E-state index contributed by atoms with van der Waals surface area (Å²) in [6.07, 6.45) is 0.817. The SMILES string of the molecule is CCOC(=O)c1ccc(NC(=O)[C@H](CC)Oc2ccc(CC)cc2)cc1Cl. The summed E-state index contributed by atoms with van der Waals surface area (Å²) in [5.74, 6) is -0.132. The van der Waals surface area contributed by atoms with Crippen molar-refractivity contribution in [2.24, 2.45) is 0 Å². The lowest BCUT2D eigenvalue weighted by Gasteiger charge is -2.18. The van der Waals surface area contributed by atoms with E-state index in [1.54, 1.807) is 13.0 Å². The van der Waals surface area contributed by atoms with Gasteiger partial charge in [0.15, 0.2) is 6.10 Å². The first-order valence-corrected chi connectivity index (χ1v) is 9.39. The molecular weight excluding hydrogens is 366 g/mol. The smallest absolute Gasteiger partial charge is 0.339 e. The fourth-order valence-corrected chi connectivity index (χ4v) is 2.74. The molecule has 0 aliphatic carbocycles. The number of esters is 1. The summed E-state index contributed by atoms with van der Waals surface area (Å²) in [5, 5.41) is 2.99. The first-order valence-electron chi connectivity index (χ1n) is 9.01. The molecule has 0 spiro atoms. The summed E-state index contributed by atoms with van der Waals surface area (Å²) in [5.41, 5.74) is 1.95. The molecule has 27 heavy (non-hydrogen) atoms. The highest BCUT2D eigenvalue weighted by Crippen LogP contribution is 2.23. The molecule has 0 bridgehead atoms. The van der Waals surface area contributed by atoms with Gasteiger partial charge in [-0.3, -0.25) is 4.79 Å². The van der Waals surface area contributed by atoms with Crippen LogP contribution in [0.15, 0.2) is 42.5 Å². The quantitative estimate of drug-likeness (QED) is 0.654. The molecular formula is C21H24ClNO4. The second-order valence-electron chi connectivity index (χ2n) is 5.92. The first-order chi connectivity index (χ1) is 13.0. The Balaban J connectivity index is 2.05. The fourth-order valence-electron chi connectivity index (χ4n) is 2.48. The summed E-state index contributed by atoms with van der Waals surface area (Å²) in [4.78, 5) is 24.3. The zero-order valence-corrected chi connectivity index (χ0v) is 16.5. The third-order valence-corrected chi connectivity index (χ3v) is 4.32. The van der Waals surface area contributed by atoms with Crippen LogP contribution < -0.4 is 10.1 Å². The topological polar surface area (TPSA) is 64.6 Å². The minimum absolute atomic E-state index is 0.218. The number of hydrogen-bond acceptors (Lipinski definition) is 4. The third-order valence-electron chi connectivity index (χ3n) is 4.01. The molecule has 0 aromatic heterocycles. The minimum atomic E-state index is -0.638. The van der Waals surface area contributed by atoms with Crippen molar-refractivity contribution in [1.82, 2.24) is 0 Å². The summed E-state index contributed by atoms with van der Waals surface area (Å²) < 4.78 is 10.7. The lowest BCUT2D eigenvalue weighted by Crippen LogP contribution is -2.32. The number of aryl methyl sites for hydroxylation is 1. The van der Waals surface area contributed by atoms with Gasteiger partial charge in [-0.15, -0.1) is 0 Å². The van der Waals surface area contributed by atoms with E-state index in [4.69, 9.17) is 21.1 Å². The van der Waals surface area contributed by atoms with Crippen molar-refractivity contribution >= 4 is 29.2 Å². The van der Waals surface area contributed by atoms with E-state index >= 15 is 0 Å². The number of amides is 1. The molecule has 1 amide bonds. The van der Waals surface area contributed by atoms with Crippen LogP contribution in [0, 0.1) is 0 Å². The molecule has 1 N–H and O–H groups in total. The van der Waals surface area contributed by atoms with Crippen LogP contribution in [-0.2, 0) is 16.0 Å². The summed E-state index contributed by atoms with van der Waals surface area (Å²) in [7, 11) is 0. The van der Waals surface area contributed by atoms with E-state index in [-0.39, 0.29) is 23.1 Å². The lowest BCUT2D eigenvalue weighted by atomic mass is 10.1. The van der Waals surface area contributed by atoms with Gasteiger partial charge in [0, 0.05) is 5.69 Å². The van der Waals surface area contributed by atoms with Gasteiger partial charge in [-0.1, -0.05) is 37.6 Å². The monoisotopic (exact) mass is 389 g/mol. The van der Waals surface area contributed by atoms with Crippen LogP contribution in [-0.4, -0.2) is 24.6 Å². The molecule has 6 heteroatoms. The molecule has 2 aromatic rings. The maximum atomic E-state index is 12.5. The standard InChI is InChI=1S/C21H24ClNO4/c1-4-14-7-10-16(11-8-14)27-19(5-2)20(24)23-15-9-12-17(18(22)13-15)21(25)26-6-3/h7-13,19H,4-6H2,1-3H3,(H,23,24)/t19-/m0/s1.